The lowest BCUT2D eigenvalue weighted by Crippen LogP contribution is -2.39. The van der Waals surface area contributed by atoms with E-state index < -0.39 is 10.0 Å². The number of nitrogens with zero attached hydrogens (tertiary/aromatic N) is 2. The van der Waals surface area contributed by atoms with Gasteiger partial charge in [0.05, 0.1) is 14.2 Å². The molecule has 8 nitrogen and oxygen atoms in total. The third kappa shape index (κ3) is 4.86. The Morgan fingerprint density at radius 1 is 1.04 bits per heavy atom. The third-order valence-corrected chi connectivity index (χ3v) is 6.01. The molecule has 0 radical (unpaired) electrons. The summed E-state index contributed by atoms with van der Waals surface area (Å²) in [5, 5.41) is 0. The number of nitrogens with one attached hydrogen (secondary N) is 1. The third-order valence-electron chi connectivity index (χ3n) is 4.47. The van der Waals surface area contributed by atoms with Gasteiger partial charge in [-0.15, -0.1) is 0 Å². The van der Waals surface area contributed by atoms with E-state index in [1.165, 1.54) is 20.3 Å². The molecule has 0 saturated heterocycles. The van der Waals surface area contributed by atoms with Crippen LogP contribution in [0.15, 0.2) is 41.6 Å². The monoisotopic (exact) mass is 393 g/mol. The Morgan fingerprint density at radius 2 is 1.74 bits per heavy atom. The van der Waals surface area contributed by atoms with Crippen LogP contribution in [0.25, 0.3) is 0 Å². The lowest BCUT2D eigenvalue weighted by atomic mass is 9.94. The quantitative estimate of drug-likeness (QED) is 0.769. The van der Waals surface area contributed by atoms with E-state index in [1.54, 1.807) is 30.6 Å². The van der Waals surface area contributed by atoms with Crippen molar-refractivity contribution in [1.82, 2.24) is 14.7 Å². The highest BCUT2D eigenvalue weighted by Crippen LogP contribution is 2.30. The summed E-state index contributed by atoms with van der Waals surface area (Å²) in [5.74, 6) is 0.734. The van der Waals surface area contributed by atoms with Crippen molar-refractivity contribution in [3.63, 3.8) is 0 Å². The summed E-state index contributed by atoms with van der Waals surface area (Å²) in [4.78, 5) is 8.18. The molecule has 1 aromatic carbocycles. The number of benzene rings is 1. The SMILES string of the molecule is COc1ccc(OC)c(S(=O)(=O)NC2CCC(Oc3ncccn3)CC2)c1. The van der Waals surface area contributed by atoms with Gasteiger partial charge in [-0.05, 0) is 43.9 Å². The molecule has 1 heterocycles. The number of sulfonamides is 1. The van der Waals surface area contributed by atoms with Crippen molar-refractivity contribution < 1.29 is 22.6 Å². The molecule has 0 amide bonds. The number of hydrogen-bond acceptors (Lipinski definition) is 7. The fourth-order valence-corrected chi connectivity index (χ4v) is 4.56. The van der Waals surface area contributed by atoms with Crippen LogP contribution in [0.1, 0.15) is 25.7 Å². The molecular formula is C18H23N3O5S. The van der Waals surface area contributed by atoms with Gasteiger partial charge < -0.3 is 14.2 Å². The van der Waals surface area contributed by atoms with Gasteiger partial charge in [-0.2, -0.15) is 0 Å². The molecule has 1 fully saturated rings. The van der Waals surface area contributed by atoms with E-state index >= 15 is 0 Å². The smallest absolute Gasteiger partial charge is 0.316 e. The molecule has 1 aliphatic rings. The summed E-state index contributed by atoms with van der Waals surface area (Å²) < 4.78 is 44.5. The highest BCUT2D eigenvalue weighted by Gasteiger charge is 2.29. The van der Waals surface area contributed by atoms with Crippen LogP contribution in [0.3, 0.4) is 0 Å². The molecule has 0 atom stereocenters. The van der Waals surface area contributed by atoms with Gasteiger partial charge in [-0.3, -0.25) is 0 Å². The van der Waals surface area contributed by atoms with Gasteiger partial charge in [0.15, 0.2) is 0 Å². The highest BCUT2D eigenvalue weighted by atomic mass is 32.2. The van der Waals surface area contributed by atoms with Crippen molar-refractivity contribution in [2.24, 2.45) is 0 Å². The molecule has 146 valence electrons. The van der Waals surface area contributed by atoms with E-state index in [2.05, 4.69) is 14.7 Å². The van der Waals surface area contributed by atoms with Crippen molar-refractivity contribution in [2.45, 2.75) is 42.7 Å². The Kier molecular flexibility index (Phi) is 6.12. The lowest BCUT2D eigenvalue weighted by Gasteiger charge is -2.28. The maximum atomic E-state index is 12.8. The predicted molar refractivity (Wildman–Crippen MR) is 98.6 cm³/mol. The normalized spacial score (nSPS) is 20.1. The standard InChI is InChI=1S/C18H23N3O5S/c1-24-15-8-9-16(25-2)17(12-15)27(22,23)21-13-4-6-14(7-5-13)26-18-19-10-3-11-20-18/h3,8-14,21H,4-7H2,1-2H3. The second kappa shape index (κ2) is 8.53. The fourth-order valence-electron chi connectivity index (χ4n) is 3.07. The highest BCUT2D eigenvalue weighted by molar-refractivity contribution is 7.89. The summed E-state index contributed by atoms with van der Waals surface area (Å²) in [7, 11) is -0.803. The van der Waals surface area contributed by atoms with E-state index in [9.17, 15) is 8.42 Å². The largest absolute Gasteiger partial charge is 0.497 e. The number of rotatable bonds is 7. The Bertz CT molecular complexity index is 853. The van der Waals surface area contributed by atoms with Crippen LogP contribution >= 0.6 is 0 Å². The topological polar surface area (TPSA) is 99.6 Å². The number of methoxy groups -OCH3 is 2. The molecule has 0 unspecified atom stereocenters. The summed E-state index contributed by atoms with van der Waals surface area (Å²) in [5.41, 5.74) is 0. The second-order valence-electron chi connectivity index (χ2n) is 6.26. The van der Waals surface area contributed by atoms with Gasteiger partial charge in [0.1, 0.15) is 22.5 Å². The zero-order valence-electron chi connectivity index (χ0n) is 15.3. The van der Waals surface area contributed by atoms with Gasteiger partial charge in [-0.25, -0.2) is 23.1 Å². The van der Waals surface area contributed by atoms with E-state index in [0.717, 1.165) is 12.8 Å². The molecule has 0 aliphatic heterocycles. The molecule has 3 rings (SSSR count). The molecule has 27 heavy (non-hydrogen) atoms. The molecule has 0 spiro atoms. The van der Waals surface area contributed by atoms with Gasteiger partial charge >= 0.3 is 6.01 Å². The first-order valence-electron chi connectivity index (χ1n) is 8.70. The molecule has 9 heteroatoms. The minimum atomic E-state index is -3.73. The van der Waals surface area contributed by atoms with Crippen molar-refractivity contribution >= 4 is 10.0 Å². The molecule has 1 aromatic heterocycles. The van der Waals surface area contributed by atoms with Gasteiger partial charge in [-0.1, -0.05) is 0 Å². The summed E-state index contributed by atoms with van der Waals surface area (Å²) in [6.45, 7) is 0. The van der Waals surface area contributed by atoms with Crippen LogP contribution < -0.4 is 18.9 Å². The van der Waals surface area contributed by atoms with Gasteiger partial charge in [0.25, 0.3) is 0 Å². The van der Waals surface area contributed by atoms with Gasteiger partial charge in [0.2, 0.25) is 10.0 Å². The van der Waals surface area contributed by atoms with Crippen molar-refractivity contribution in [3.8, 4) is 17.5 Å². The molecule has 0 bridgehead atoms. The maximum absolute atomic E-state index is 12.8. The van der Waals surface area contributed by atoms with Crippen LogP contribution in [0.2, 0.25) is 0 Å². The van der Waals surface area contributed by atoms with E-state index in [-0.39, 0.29) is 22.8 Å². The van der Waals surface area contributed by atoms with Gasteiger partial charge in [0, 0.05) is 24.5 Å². The van der Waals surface area contributed by atoms with Crippen LogP contribution in [-0.4, -0.2) is 44.8 Å². The fraction of sp³-hybridized carbons (Fsp3) is 0.444. The van der Waals surface area contributed by atoms with Crippen molar-refractivity contribution in [2.75, 3.05) is 14.2 Å². The average Bonchev–Trinajstić information content (AvgIpc) is 2.69. The Morgan fingerprint density at radius 3 is 2.37 bits per heavy atom. The summed E-state index contributed by atoms with van der Waals surface area (Å²) in [6, 6.07) is 6.61. The van der Waals surface area contributed by atoms with Crippen molar-refractivity contribution in [1.29, 1.82) is 0 Å². The van der Waals surface area contributed by atoms with E-state index in [4.69, 9.17) is 14.2 Å². The van der Waals surface area contributed by atoms with Crippen molar-refractivity contribution in [3.05, 3.63) is 36.7 Å². The van der Waals surface area contributed by atoms with E-state index in [0.29, 0.717) is 24.6 Å². The summed E-state index contributed by atoms with van der Waals surface area (Å²) >= 11 is 0. The first-order valence-corrected chi connectivity index (χ1v) is 10.2. The minimum absolute atomic E-state index is 0.0143. The van der Waals surface area contributed by atoms with Crippen LogP contribution in [-0.2, 0) is 10.0 Å². The molecular weight excluding hydrogens is 370 g/mol. The van der Waals surface area contributed by atoms with E-state index in [1.807, 2.05) is 0 Å². The molecule has 1 N–H and O–H groups in total. The Balaban J connectivity index is 1.63. The minimum Gasteiger partial charge on any atom is -0.497 e. The number of hydrogen-bond donors (Lipinski definition) is 1. The predicted octanol–water partition coefficient (Wildman–Crippen LogP) is 2.16. The maximum Gasteiger partial charge on any atom is 0.316 e. The summed E-state index contributed by atoms with van der Waals surface area (Å²) in [6.07, 6.45) is 6.03. The molecule has 1 aliphatic carbocycles. The van der Waals surface area contributed by atoms with Crippen LogP contribution in [0.4, 0.5) is 0 Å². The average molecular weight is 393 g/mol. The number of aromatic nitrogens is 2. The second-order valence-corrected chi connectivity index (χ2v) is 7.94. The van der Waals surface area contributed by atoms with Crippen LogP contribution in [0, 0.1) is 0 Å². The zero-order valence-corrected chi connectivity index (χ0v) is 16.1. The molecule has 2 aromatic rings. The first kappa shape index (κ1) is 19.4. The lowest BCUT2D eigenvalue weighted by molar-refractivity contribution is 0.132. The Hall–Kier alpha value is -2.39. The zero-order chi connectivity index (χ0) is 19.3. The Labute approximate surface area is 158 Å². The first-order chi connectivity index (χ1) is 13.0. The number of ether oxygens (including phenoxy) is 3. The van der Waals surface area contributed by atoms with Crippen LogP contribution in [0.5, 0.6) is 17.5 Å². The molecule has 1 saturated carbocycles.